The summed E-state index contributed by atoms with van der Waals surface area (Å²) in [5.74, 6) is 0.687. The fourth-order valence-corrected chi connectivity index (χ4v) is 1.46. The summed E-state index contributed by atoms with van der Waals surface area (Å²) in [6, 6.07) is 0. The fourth-order valence-electron chi connectivity index (χ4n) is 1.46. The van der Waals surface area contributed by atoms with Crippen LogP contribution in [0.15, 0.2) is 12.3 Å². The molecule has 0 fully saturated rings. The standard InChI is InChI=1S/C13H26O3/c1-6-8-9-16-13(11(3)14-4)10-12(7-2)15-5/h12-13H,3,6-10H2,1-2,4-5H3. The monoisotopic (exact) mass is 230 g/mol. The maximum Gasteiger partial charge on any atom is 0.117 e. The van der Waals surface area contributed by atoms with Gasteiger partial charge in [-0.1, -0.05) is 26.8 Å². The van der Waals surface area contributed by atoms with Crippen LogP contribution in [0.5, 0.6) is 0 Å². The van der Waals surface area contributed by atoms with Crippen molar-refractivity contribution in [1.29, 1.82) is 0 Å². The number of unbranched alkanes of at least 4 members (excludes halogenated alkanes) is 1. The number of hydrogen-bond donors (Lipinski definition) is 0. The fraction of sp³-hybridized carbons (Fsp3) is 0.846. The van der Waals surface area contributed by atoms with Crippen molar-refractivity contribution < 1.29 is 14.2 Å². The summed E-state index contributed by atoms with van der Waals surface area (Å²) in [6.45, 7) is 8.88. The second kappa shape index (κ2) is 9.67. The average Bonchev–Trinajstić information content (AvgIpc) is 2.32. The number of hydrogen-bond acceptors (Lipinski definition) is 3. The highest BCUT2D eigenvalue weighted by atomic mass is 16.5. The number of ether oxygens (including phenoxy) is 3. The van der Waals surface area contributed by atoms with Gasteiger partial charge in [0.2, 0.25) is 0 Å². The first-order valence-corrected chi connectivity index (χ1v) is 6.06. The molecule has 2 unspecified atom stereocenters. The number of rotatable bonds is 10. The smallest absolute Gasteiger partial charge is 0.117 e. The Kier molecular flexibility index (Phi) is 9.34. The zero-order valence-electron chi connectivity index (χ0n) is 11.1. The van der Waals surface area contributed by atoms with Gasteiger partial charge in [0.05, 0.1) is 13.2 Å². The minimum absolute atomic E-state index is 0.0542. The van der Waals surface area contributed by atoms with Crippen molar-refractivity contribution in [3.8, 4) is 0 Å². The Bertz CT molecular complexity index is 176. The van der Waals surface area contributed by atoms with E-state index in [1.165, 1.54) is 0 Å². The third kappa shape index (κ3) is 6.13. The molecule has 0 aromatic heterocycles. The highest BCUT2D eigenvalue weighted by Crippen LogP contribution is 2.16. The van der Waals surface area contributed by atoms with Crippen LogP contribution in [0.25, 0.3) is 0 Å². The van der Waals surface area contributed by atoms with Crippen LogP contribution in [0.1, 0.15) is 39.5 Å². The van der Waals surface area contributed by atoms with Crippen LogP contribution in [0.3, 0.4) is 0 Å². The molecule has 0 heterocycles. The third-order valence-electron chi connectivity index (χ3n) is 2.70. The Morgan fingerprint density at radius 3 is 2.38 bits per heavy atom. The van der Waals surface area contributed by atoms with Crippen molar-refractivity contribution in [1.82, 2.24) is 0 Å². The largest absolute Gasteiger partial charge is 0.499 e. The van der Waals surface area contributed by atoms with Gasteiger partial charge in [0.15, 0.2) is 0 Å². The number of methoxy groups -OCH3 is 2. The van der Waals surface area contributed by atoms with Crippen LogP contribution in [0.4, 0.5) is 0 Å². The van der Waals surface area contributed by atoms with Gasteiger partial charge in [0, 0.05) is 20.1 Å². The molecule has 0 saturated carbocycles. The predicted octanol–water partition coefficient (Wildman–Crippen LogP) is 3.15. The van der Waals surface area contributed by atoms with Gasteiger partial charge < -0.3 is 14.2 Å². The van der Waals surface area contributed by atoms with Crippen molar-refractivity contribution in [3.63, 3.8) is 0 Å². The van der Waals surface area contributed by atoms with Crippen molar-refractivity contribution in [2.75, 3.05) is 20.8 Å². The van der Waals surface area contributed by atoms with Gasteiger partial charge in [-0.3, -0.25) is 0 Å². The molecule has 0 aliphatic heterocycles. The summed E-state index contributed by atoms with van der Waals surface area (Å²) >= 11 is 0. The summed E-state index contributed by atoms with van der Waals surface area (Å²) in [5, 5.41) is 0. The topological polar surface area (TPSA) is 27.7 Å². The first-order chi connectivity index (χ1) is 7.69. The van der Waals surface area contributed by atoms with Gasteiger partial charge in [0.1, 0.15) is 11.9 Å². The first kappa shape index (κ1) is 15.5. The minimum Gasteiger partial charge on any atom is -0.499 e. The molecule has 0 bridgehead atoms. The van der Waals surface area contributed by atoms with E-state index in [1.807, 2.05) is 0 Å². The maximum absolute atomic E-state index is 5.76. The molecular formula is C13H26O3. The van der Waals surface area contributed by atoms with E-state index < -0.39 is 0 Å². The molecule has 0 spiro atoms. The second-order valence-corrected chi connectivity index (χ2v) is 3.89. The van der Waals surface area contributed by atoms with Crippen LogP contribution in [-0.2, 0) is 14.2 Å². The second-order valence-electron chi connectivity index (χ2n) is 3.89. The highest BCUT2D eigenvalue weighted by Gasteiger charge is 2.19. The molecule has 0 aliphatic carbocycles. The lowest BCUT2D eigenvalue weighted by Crippen LogP contribution is -2.24. The predicted molar refractivity (Wildman–Crippen MR) is 66.5 cm³/mol. The van der Waals surface area contributed by atoms with E-state index in [2.05, 4.69) is 20.4 Å². The van der Waals surface area contributed by atoms with Crippen molar-refractivity contribution >= 4 is 0 Å². The Hall–Kier alpha value is -0.540. The van der Waals surface area contributed by atoms with Crippen LogP contribution < -0.4 is 0 Å². The van der Waals surface area contributed by atoms with Gasteiger partial charge in [-0.05, 0) is 12.8 Å². The average molecular weight is 230 g/mol. The lowest BCUT2D eigenvalue weighted by Gasteiger charge is -2.23. The summed E-state index contributed by atoms with van der Waals surface area (Å²) in [5.41, 5.74) is 0. The molecule has 0 saturated heterocycles. The summed E-state index contributed by atoms with van der Waals surface area (Å²) in [7, 11) is 3.36. The molecule has 0 aliphatic rings. The van der Waals surface area contributed by atoms with E-state index in [-0.39, 0.29) is 12.2 Å². The first-order valence-electron chi connectivity index (χ1n) is 6.06. The van der Waals surface area contributed by atoms with E-state index in [1.54, 1.807) is 14.2 Å². The van der Waals surface area contributed by atoms with Gasteiger partial charge in [-0.15, -0.1) is 0 Å². The Morgan fingerprint density at radius 1 is 1.25 bits per heavy atom. The van der Waals surface area contributed by atoms with E-state index >= 15 is 0 Å². The molecule has 0 aromatic rings. The van der Waals surface area contributed by atoms with E-state index in [9.17, 15) is 0 Å². The normalized spacial score (nSPS) is 14.5. The molecule has 0 amide bonds. The van der Waals surface area contributed by atoms with Gasteiger partial charge in [-0.2, -0.15) is 0 Å². The van der Waals surface area contributed by atoms with Crippen molar-refractivity contribution in [2.24, 2.45) is 0 Å². The summed E-state index contributed by atoms with van der Waals surface area (Å²) in [4.78, 5) is 0. The van der Waals surface area contributed by atoms with E-state index in [4.69, 9.17) is 14.2 Å². The molecule has 0 N–H and O–H groups in total. The highest BCUT2D eigenvalue weighted by molar-refractivity contribution is 4.93. The minimum atomic E-state index is -0.0542. The van der Waals surface area contributed by atoms with Gasteiger partial charge in [-0.25, -0.2) is 0 Å². The van der Waals surface area contributed by atoms with Crippen molar-refractivity contribution in [3.05, 3.63) is 12.3 Å². The molecule has 3 heteroatoms. The van der Waals surface area contributed by atoms with Crippen LogP contribution in [0, 0.1) is 0 Å². The molecule has 2 atom stereocenters. The molecule has 3 nitrogen and oxygen atoms in total. The molecular weight excluding hydrogens is 204 g/mol. The Labute approximate surface area is 99.8 Å². The maximum atomic E-state index is 5.76. The summed E-state index contributed by atoms with van der Waals surface area (Å²) < 4.78 is 16.3. The molecule has 16 heavy (non-hydrogen) atoms. The van der Waals surface area contributed by atoms with E-state index in [0.717, 1.165) is 32.3 Å². The van der Waals surface area contributed by atoms with E-state index in [0.29, 0.717) is 5.76 Å². The van der Waals surface area contributed by atoms with Crippen LogP contribution in [-0.4, -0.2) is 33.0 Å². The lowest BCUT2D eigenvalue weighted by atomic mass is 10.1. The van der Waals surface area contributed by atoms with Gasteiger partial charge in [0.25, 0.3) is 0 Å². The lowest BCUT2D eigenvalue weighted by molar-refractivity contribution is -0.00797. The Balaban J connectivity index is 4.13. The third-order valence-corrected chi connectivity index (χ3v) is 2.70. The van der Waals surface area contributed by atoms with Gasteiger partial charge >= 0.3 is 0 Å². The molecule has 96 valence electrons. The van der Waals surface area contributed by atoms with Crippen LogP contribution in [0.2, 0.25) is 0 Å². The van der Waals surface area contributed by atoms with Crippen molar-refractivity contribution in [2.45, 2.75) is 51.7 Å². The summed E-state index contributed by atoms with van der Waals surface area (Å²) in [6.07, 6.45) is 4.13. The SMILES string of the molecule is C=C(OC)C(CC(CC)OC)OCCCC. The zero-order chi connectivity index (χ0) is 12.4. The molecule has 0 radical (unpaired) electrons. The Morgan fingerprint density at radius 2 is 1.94 bits per heavy atom. The quantitative estimate of drug-likeness (QED) is 0.426. The zero-order valence-corrected chi connectivity index (χ0v) is 11.1. The molecule has 0 aromatic carbocycles. The van der Waals surface area contributed by atoms with Crippen LogP contribution >= 0.6 is 0 Å². The molecule has 0 rings (SSSR count).